The van der Waals surface area contributed by atoms with Crippen LogP contribution < -0.4 is 4.74 Å². The summed E-state index contributed by atoms with van der Waals surface area (Å²) < 4.78 is 5.66. The molecule has 2 heterocycles. The van der Waals surface area contributed by atoms with Crippen molar-refractivity contribution in [2.24, 2.45) is 0 Å². The van der Waals surface area contributed by atoms with E-state index in [1.54, 1.807) is 42.7 Å². The Kier molecular flexibility index (Phi) is 5.59. The van der Waals surface area contributed by atoms with Gasteiger partial charge in [0.05, 0.1) is 11.6 Å². The minimum atomic E-state index is -0.0940. The van der Waals surface area contributed by atoms with Gasteiger partial charge in [-0.25, -0.2) is 4.98 Å². The summed E-state index contributed by atoms with van der Waals surface area (Å²) in [6, 6.07) is 17.1. The maximum atomic E-state index is 12.7. The van der Waals surface area contributed by atoms with Gasteiger partial charge in [-0.05, 0) is 30.2 Å². The van der Waals surface area contributed by atoms with Gasteiger partial charge in [-0.1, -0.05) is 36.4 Å². The van der Waals surface area contributed by atoms with E-state index >= 15 is 0 Å². The van der Waals surface area contributed by atoms with E-state index in [1.807, 2.05) is 49.4 Å². The molecule has 0 aliphatic heterocycles. The Morgan fingerprint density at radius 1 is 1.08 bits per heavy atom. The summed E-state index contributed by atoms with van der Waals surface area (Å²) in [5.74, 6) is 0.400. The van der Waals surface area contributed by atoms with E-state index in [0.29, 0.717) is 18.1 Å². The van der Waals surface area contributed by atoms with Crippen LogP contribution in [0.15, 0.2) is 73.2 Å². The van der Waals surface area contributed by atoms with Gasteiger partial charge >= 0.3 is 0 Å². The van der Waals surface area contributed by atoms with Crippen LogP contribution in [-0.2, 0) is 6.61 Å². The van der Waals surface area contributed by atoms with Crippen molar-refractivity contribution < 1.29 is 9.53 Å². The zero-order valence-electron chi connectivity index (χ0n) is 14.9. The van der Waals surface area contributed by atoms with Gasteiger partial charge in [-0.3, -0.25) is 9.78 Å². The summed E-state index contributed by atoms with van der Waals surface area (Å²) in [4.78, 5) is 22.7. The third kappa shape index (κ3) is 4.25. The Labute approximate surface area is 153 Å². The SMILES string of the molecule is CC(c1cccnc1)N(C)C(=O)c1ccc(OCc2ccccc2)nc1. The predicted molar refractivity (Wildman–Crippen MR) is 99.8 cm³/mol. The molecule has 0 fully saturated rings. The van der Waals surface area contributed by atoms with Crippen LogP contribution >= 0.6 is 0 Å². The summed E-state index contributed by atoms with van der Waals surface area (Å²) in [7, 11) is 1.78. The normalized spacial score (nSPS) is 11.6. The summed E-state index contributed by atoms with van der Waals surface area (Å²) in [6.45, 7) is 2.42. The van der Waals surface area contributed by atoms with E-state index in [1.165, 1.54) is 0 Å². The summed E-state index contributed by atoms with van der Waals surface area (Å²) in [5.41, 5.74) is 2.58. The fourth-order valence-corrected chi connectivity index (χ4v) is 2.55. The Balaban J connectivity index is 1.63. The predicted octanol–water partition coefficient (Wildman–Crippen LogP) is 3.89. The van der Waals surface area contributed by atoms with Crippen LogP contribution in [0.25, 0.3) is 0 Å². The van der Waals surface area contributed by atoms with Crippen molar-refractivity contribution in [3.05, 3.63) is 89.9 Å². The molecule has 0 saturated carbocycles. The monoisotopic (exact) mass is 347 g/mol. The first-order valence-corrected chi connectivity index (χ1v) is 8.45. The molecule has 0 spiro atoms. The van der Waals surface area contributed by atoms with Crippen LogP contribution in [-0.4, -0.2) is 27.8 Å². The van der Waals surface area contributed by atoms with E-state index in [9.17, 15) is 4.79 Å². The fourth-order valence-electron chi connectivity index (χ4n) is 2.55. The highest BCUT2D eigenvalue weighted by atomic mass is 16.5. The highest BCUT2D eigenvalue weighted by Gasteiger charge is 2.19. The molecule has 1 atom stereocenters. The standard InChI is InChI=1S/C21H21N3O2/c1-16(18-9-6-12-22-13-18)24(2)21(25)19-10-11-20(23-14-19)26-15-17-7-4-3-5-8-17/h3-14,16H,15H2,1-2H3. The highest BCUT2D eigenvalue weighted by molar-refractivity contribution is 5.94. The maximum Gasteiger partial charge on any atom is 0.255 e. The van der Waals surface area contributed by atoms with Gasteiger partial charge in [0.15, 0.2) is 0 Å². The summed E-state index contributed by atoms with van der Waals surface area (Å²) >= 11 is 0. The summed E-state index contributed by atoms with van der Waals surface area (Å²) in [6.07, 6.45) is 5.04. The number of pyridine rings is 2. The van der Waals surface area contributed by atoms with Crippen LogP contribution in [0.3, 0.4) is 0 Å². The number of benzene rings is 1. The number of carbonyl (C=O) groups excluding carboxylic acids is 1. The lowest BCUT2D eigenvalue weighted by Gasteiger charge is -2.25. The van der Waals surface area contributed by atoms with E-state index < -0.39 is 0 Å². The lowest BCUT2D eigenvalue weighted by atomic mass is 10.1. The van der Waals surface area contributed by atoms with Crippen molar-refractivity contribution in [1.82, 2.24) is 14.9 Å². The van der Waals surface area contributed by atoms with Gasteiger partial charge < -0.3 is 9.64 Å². The number of hydrogen-bond donors (Lipinski definition) is 0. The van der Waals surface area contributed by atoms with Crippen molar-refractivity contribution >= 4 is 5.91 Å². The third-order valence-electron chi connectivity index (χ3n) is 4.28. The number of nitrogens with zero attached hydrogens (tertiary/aromatic N) is 3. The first kappa shape index (κ1) is 17.6. The number of aromatic nitrogens is 2. The number of carbonyl (C=O) groups is 1. The number of hydrogen-bond acceptors (Lipinski definition) is 4. The molecule has 0 aliphatic carbocycles. The average Bonchev–Trinajstić information content (AvgIpc) is 2.72. The van der Waals surface area contributed by atoms with Crippen molar-refractivity contribution in [1.29, 1.82) is 0 Å². The molecule has 1 amide bonds. The van der Waals surface area contributed by atoms with Crippen molar-refractivity contribution in [2.45, 2.75) is 19.6 Å². The van der Waals surface area contributed by atoms with Gasteiger partial charge in [0.2, 0.25) is 5.88 Å². The molecule has 2 aromatic heterocycles. The van der Waals surface area contributed by atoms with Gasteiger partial charge in [-0.15, -0.1) is 0 Å². The van der Waals surface area contributed by atoms with Crippen molar-refractivity contribution in [3.8, 4) is 5.88 Å². The van der Waals surface area contributed by atoms with E-state index in [4.69, 9.17) is 4.74 Å². The molecule has 0 saturated heterocycles. The Hall–Kier alpha value is -3.21. The second kappa shape index (κ2) is 8.25. The van der Waals surface area contributed by atoms with E-state index in [2.05, 4.69) is 9.97 Å². The quantitative estimate of drug-likeness (QED) is 0.679. The lowest BCUT2D eigenvalue weighted by Crippen LogP contribution is -2.29. The van der Waals surface area contributed by atoms with Crippen molar-refractivity contribution in [3.63, 3.8) is 0 Å². The number of amides is 1. The molecule has 3 aromatic rings. The molecule has 0 N–H and O–H groups in total. The number of rotatable bonds is 6. The second-order valence-electron chi connectivity index (χ2n) is 6.04. The van der Waals surface area contributed by atoms with E-state index in [0.717, 1.165) is 11.1 Å². The zero-order valence-corrected chi connectivity index (χ0v) is 14.9. The summed E-state index contributed by atoms with van der Waals surface area (Å²) in [5, 5.41) is 0. The first-order valence-electron chi connectivity index (χ1n) is 8.45. The fraction of sp³-hybridized carbons (Fsp3) is 0.190. The lowest BCUT2D eigenvalue weighted by molar-refractivity contribution is 0.0742. The molecule has 1 aromatic carbocycles. The minimum Gasteiger partial charge on any atom is -0.473 e. The van der Waals surface area contributed by atoms with Gasteiger partial charge in [0, 0.05) is 31.7 Å². The molecule has 132 valence electrons. The Bertz CT molecular complexity index is 836. The number of ether oxygens (including phenoxy) is 1. The molecule has 5 nitrogen and oxygen atoms in total. The Morgan fingerprint density at radius 3 is 2.54 bits per heavy atom. The molecule has 3 rings (SSSR count). The molecule has 5 heteroatoms. The molecule has 0 bridgehead atoms. The van der Waals surface area contributed by atoms with Crippen LogP contribution in [0.4, 0.5) is 0 Å². The van der Waals surface area contributed by atoms with Gasteiger partial charge in [-0.2, -0.15) is 0 Å². The topological polar surface area (TPSA) is 55.3 Å². The maximum absolute atomic E-state index is 12.7. The third-order valence-corrected chi connectivity index (χ3v) is 4.28. The second-order valence-corrected chi connectivity index (χ2v) is 6.04. The molecular weight excluding hydrogens is 326 g/mol. The van der Waals surface area contributed by atoms with Crippen LogP contribution in [0.1, 0.15) is 34.5 Å². The molecule has 0 radical (unpaired) electrons. The van der Waals surface area contributed by atoms with Crippen molar-refractivity contribution in [2.75, 3.05) is 7.05 Å². The first-order chi connectivity index (χ1) is 12.6. The van der Waals surface area contributed by atoms with Crippen LogP contribution in [0.5, 0.6) is 5.88 Å². The minimum absolute atomic E-state index is 0.0785. The van der Waals surface area contributed by atoms with E-state index in [-0.39, 0.29) is 11.9 Å². The molecule has 0 aliphatic rings. The zero-order chi connectivity index (χ0) is 18.4. The van der Waals surface area contributed by atoms with Crippen LogP contribution in [0, 0.1) is 0 Å². The van der Waals surface area contributed by atoms with Crippen LogP contribution in [0.2, 0.25) is 0 Å². The largest absolute Gasteiger partial charge is 0.473 e. The van der Waals surface area contributed by atoms with Gasteiger partial charge in [0.1, 0.15) is 6.61 Å². The molecule has 1 unspecified atom stereocenters. The van der Waals surface area contributed by atoms with Gasteiger partial charge in [0.25, 0.3) is 5.91 Å². The molecular formula is C21H21N3O2. The highest BCUT2D eigenvalue weighted by Crippen LogP contribution is 2.20. The Morgan fingerprint density at radius 2 is 1.88 bits per heavy atom. The smallest absolute Gasteiger partial charge is 0.255 e. The molecule has 26 heavy (non-hydrogen) atoms. The average molecular weight is 347 g/mol.